The smallest absolute Gasteiger partial charge is 0.119 e. The van der Waals surface area contributed by atoms with Gasteiger partial charge >= 0.3 is 0 Å². The summed E-state index contributed by atoms with van der Waals surface area (Å²) < 4.78 is 6.29. The van der Waals surface area contributed by atoms with E-state index in [2.05, 4.69) is 52.5 Å². The summed E-state index contributed by atoms with van der Waals surface area (Å²) in [5.74, 6) is 6.57. The molecule has 0 saturated carbocycles. The van der Waals surface area contributed by atoms with Crippen molar-refractivity contribution in [1.29, 1.82) is 0 Å². The zero-order valence-electron chi connectivity index (χ0n) is 11.7. The Bertz CT molecular complexity index is 569. The van der Waals surface area contributed by atoms with Crippen molar-refractivity contribution in [3.63, 3.8) is 0 Å². The first-order chi connectivity index (χ1) is 9.69. The lowest BCUT2D eigenvalue weighted by molar-refractivity contribution is 0.413. The van der Waals surface area contributed by atoms with Crippen molar-refractivity contribution in [2.24, 2.45) is 5.84 Å². The molecule has 0 saturated heterocycles. The van der Waals surface area contributed by atoms with E-state index >= 15 is 0 Å². The first kappa shape index (κ1) is 15.0. The number of methoxy groups -OCH3 is 1. The molecule has 4 heteroatoms. The number of aryl methyl sites for hydroxylation is 1. The van der Waals surface area contributed by atoms with Gasteiger partial charge in [0.15, 0.2) is 0 Å². The summed E-state index contributed by atoms with van der Waals surface area (Å²) in [5, 5.41) is 0. The van der Waals surface area contributed by atoms with Crippen molar-refractivity contribution in [1.82, 2.24) is 5.43 Å². The minimum absolute atomic E-state index is 0.0784. The maximum atomic E-state index is 5.76. The van der Waals surface area contributed by atoms with Gasteiger partial charge in [-0.1, -0.05) is 47.1 Å². The SMILES string of the molecule is CCc1ccc(C(NN)c2cc(OC)ccc2Br)cc1. The third-order valence-electron chi connectivity index (χ3n) is 3.40. The Hall–Kier alpha value is -1.36. The number of nitrogens with two attached hydrogens (primary N) is 1. The Balaban J connectivity index is 2.40. The van der Waals surface area contributed by atoms with E-state index in [-0.39, 0.29) is 6.04 Å². The van der Waals surface area contributed by atoms with E-state index in [1.807, 2.05) is 18.2 Å². The van der Waals surface area contributed by atoms with Gasteiger partial charge in [0, 0.05) is 4.47 Å². The molecule has 2 aromatic rings. The van der Waals surface area contributed by atoms with E-state index in [1.165, 1.54) is 5.56 Å². The fourth-order valence-corrected chi connectivity index (χ4v) is 2.66. The van der Waals surface area contributed by atoms with Gasteiger partial charge in [0.2, 0.25) is 0 Å². The molecule has 0 radical (unpaired) electrons. The minimum atomic E-state index is -0.0784. The van der Waals surface area contributed by atoms with Crippen LogP contribution >= 0.6 is 15.9 Å². The van der Waals surface area contributed by atoms with Gasteiger partial charge in [0.1, 0.15) is 5.75 Å². The van der Waals surface area contributed by atoms with Gasteiger partial charge in [0.25, 0.3) is 0 Å². The predicted molar refractivity (Wildman–Crippen MR) is 85.7 cm³/mol. The van der Waals surface area contributed by atoms with Crippen molar-refractivity contribution >= 4 is 15.9 Å². The van der Waals surface area contributed by atoms with Gasteiger partial charge in [-0.15, -0.1) is 0 Å². The number of hydrogen-bond acceptors (Lipinski definition) is 3. The van der Waals surface area contributed by atoms with Gasteiger partial charge in [-0.05, 0) is 41.3 Å². The maximum Gasteiger partial charge on any atom is 0.119 e. The molecule has 0 aliphatic rings. The molecule has 0 heterocycles. The molecule has 0 aromatic heterocycles. The predicted octanol–water partition coefficient (Wildman–Crippen LogP) is 3.57. The molecule has 0 fully saturated rings. The monoisotopic (exact) mass is 334 g/mol. The van der Waals surface area contributed by atoms with E-state index in [0.717, 1.165) is 27.8 Å². The number of nitrogens with one attached hydrogen (secondary N) is 1. The molecule has 1 unspecified atom stereocenters. The fourth-order valence-electron chi connectivity index (χ4n) is 2.18. The number of ether oxygens (including phenoxy) is 1. The molecule has 1 atom stereocenters. The average Bonchev–Trinajstić information content (AvgIpc) is 2.50. The lowest BCUT2D eigenvalue weighted by Crippen LogP contribution is -2.29. The number of hydrogen-bond donors (Lipinski definition) is 2. The quantitative estimate of drug-likeness (QED) is 0.649. The summed E-state index contributed by atoms with van der Waals surface area (Å²) in [7, 11) is 1.66. The molecule has 0 amide bonds. The molecule has 106 valence electrons. The van der Waals surface area contributed by atoms with Gasteiger partial charge < -0.3 is 4.74 Å². The van der Waals surface area contributed by atoms with Crippen molar-refractivity contribution in [3.8, 4) is 5.75 Å². The number of benzene rings is 2. The molecule has 0 bridgehead atoms. The third kappa shape index (κ3) is 3.20. The lowest BCUT2D eigenvalue weighted by Gasteiger charge is -2.19. The zero-order chi connectivity index (χ0) is 14.5. The summed E-state index contributed by atoms with van der Waals surface area (Å²) >= 11 is 3.58. The Morgan fingerprint density at radius 3 is 2.45 bits per heavy atom. The molecule has 2 aromatic carbocycles. The molecule has 0 aliphatic heterocycles. The van der Waals surface area contributed by atoms with Crippen LogP contribution in [0.4, 0.5) is 0 Å². The highest BCUT2D eigenvalue weighted by molar-refractivity contribution is 9.10. The van der Waals surface area contributed by atoms with E-state index < -0.39 is 0 Å². The third-order valence-corrected chi connectivity index (χ3v) is 4.12. The Morgan fingerprint density at radius 1 is 1.20 bits per heavy atom. The Kier molecular flexibility index (Phi) is 5.17. The van der Waals surface area contributed by atoms with Crippen LogP contribution in [0.1, 0.15) is 29.7 Å². The van der Waals surface area contributed by atoms with Gasteiger partial charge in [-0.25, -0.2) is 5.43 Å². The maximum absolute atomic E-state index is 5.76. The molecule has 3 nitrogen and oxygen atoms in total. The van der Waals surface area contributed by atoms with Gasteiger partial charge in [0.05, 0.1) is 13.2 Å². The number of hydrazine groups is 1. The molecule has 0 spiro atoms. The normalized spacial score (nSPS) is 12.2. The van der Waals surface area contributed by atoms with Crippen LogP contribution in [-0.2, 0) is 6.42 Å². The number of rotatable bonds is 5. The summed E-state index contributed by atoms with van der Waals surface area (Å²) in [5.41, 5.74) is 6.37. The molecule has 20 heavy (non-hydrogen) atoms. The van der Waals surface area contributed by atoms with Gasteiger partial charge in [-0.3, -0.25) is 5.84 Å². The van der Waals surface area contributed by atoms with Gasteiger partial charge in [-0.2, -0.15) is 0 Å². The highest BCUT2D eigenvalue weighted by Gasteiger charge is 2.16. The van der Waals surface area contributed by atoms with Crippen molar-refractivity contribution < 1.29 is 4.74 Å². The van der Waals surface area contributed by atoms with Crippen LogP contribution in [0.25, 0.3) is 0 Å². The van der Waals surface area contributed by atoms with E-state index in [1.54, 1.807) is 7.11 Å². The van der Waals surface area contributed by atoms with Crippen LogP contribution in [0.15, 0.2) is 46.9 Å². The Labute approximate surface area is 128 Å². The highest BCUT2D eigenvalue weighted by Crippen LogP contribution is 2.31. The lowest BCUT2D eigenvalue weighted by atomic mass is 9.97. The highest BCUT2D eigenvalue weighted by atomic mass is 79.9. The Morgan fingerprint density at radius 2 is 1.90 bits per heavy atom. The molecular weight excluding hydrogens is 316 g/mol. The summed E-state index contributed by atoms with van der Waals surface area (Å²) in [6.45, 7) is 2.15. The first-order valence-electron chi connectivity index (χ1n) is 6.58. The summed E-state index contributed by atoms with van der Waals surface area (Å²) in [6.07, 6.45) is 1.03. The second-order valence-electron chi connectivity index (χ2n) is 4.58. The van der Waals surface area contributed by atoms with Crippen molar-refractivity contribution in [3.05, 3.63) is 63.6 Å². The second-order valence-corrected chi connectivity index (χ2v) is 5.44. The van der Waals surface area contributed by atoms with Crippen LogP contribution < -0.4 is 16.0 Å². The summed E-state index contributed by atoms with van der Waals surface area (Å²) in [6, 6.07) is 14.3. The van der Waals surface area contributed by atoms with E-state index in [9.17, 15) is 0 Å². The van der Waals surface area contributed by atoms with Crippen LogP contribution in [0, 0.1) is 0 Å². The number of halogens is 1. The summed E-state index contributed by atoms with van der Waals surface area (Å²) in [4.78, 5) is 0. The van der Waals surface area contributed by atoms with Crippen molar-refractivity contribution in [2.75, 3.05) is 7.11 Å². The fraction of sp³-hybridized carbons (Fsp3) is 0.250. The topological polar surface area (TPSA) is 47.3 Å². The van der Waals surface area contributed by atoms with Crippen LogP contribution in [0.2, 0.25) is 0 Å². The van der Waals surface area contributed by atoms with Crippen LogP contribution in [0.3, 0.4) is 0 Å². The average molecular weight is 335 g/mol. The molecule has 3 N–H and O–H groups in total. The minimum Gasteiger partial charge on any atom is -0.497 e. The van der Waals surface area contributed by atoms with Crippen molar-refractivity contribution in [2.45, 2.75) is 19.4 Å². The molecular formula is C16H19BrN2O. The van der Waals surface area contributed by atoms with E-state index in [4.69, 9.17) is 10.6 Å². The van der Waals surface area contributed by atoms with Crippen LogP contribution in [-0.4, -0.2) is 7.11 Å². The van der Waals surface area contributed by atoms with E-state index in [0.29, 0.717) is 0 Å². The molecule has 2 rings (SSSR count). The molecule has 0 aliphatic carbocycles. The second kappa shape index (κ2) is 6.88. The van der Waals surface area contributed by atoms with Crippen LogP contribution in [0.5, 0.6) is 5.75 Å². The largest absolute Gasteiger partial charge is 0.497 e. The standard InChI is InChI=1S/C16H19BrN2O/c1-3-11-4-6-12(7-5-11)16(19-18)14-10-13(20-2)8-9-15(14)17/h4-10,16,19H,3,18H2,1-2H3. The first-order valence-corrected chi connectivity index (χ1v) is 7.37. The zero-order valence-corrected chi connectivity index (χ0v) is 13.3.